The second-order valence-corrected chi connectivity index (χ2v) is 6.68. The van der Waals surface area contributed by atoms with Crippen molar-refractivity contribution in [3.63, 3.8) is 0 Å². The van der Waals surface area contributed by atoms with Crippen molar-refractivity contribution in [1.29, 1.82) is 0 Å². The molecule has 0 aromatic carbocycles. The Balaban J connectivity index is 0.00000128. The summed E-state index contributed by atoms with van der Waals surface area (Å²) < 4.78 is 14.3. The fourth-order valence-electron chi connectivity index (χ4n) is 3.20. The minimum absolute atomic E-state index is 0. The predicted octanol–water partition coefficient (Wildman–Crippen LogP) is 3.88. The Hall–Kier alpha value is 2.69. The number of hydrogen-bond acceptors (Lipinski definition) is 0. The Kier molecular flexibility index (Phi) is 11.1. The van der Waals surface area contributed by atoms with Gasteiger partial charge in [0.05, 0.1) is 5.38 Å². The Labute approximate surface area is 162 Å². The molecule has 0 spiro atoms. The van der Waals surface area contributed by atoms with E-state index >= 15 is 0 Å². The summed E-state index contributed by atoms with van der Waals surface area (Å²) in [6.45, 7) is 0. The Morgan fingerprint density at radius 1 is 1.00 bits per heavy atom. The van der Waals surface area contributed by atoms with Crippen molar-refractivity contribution < 1.29 is 63.0 Å². The number of alkyl halides is 2. The maximum Gasteiger partial charge on any atom is 0.123 e. The molecule has 0 amide bonds. The van der Waals surface area contributed by atoms with E-state index in [2.05, 4.69) is 16.3 Å². The zero-order valence-electron chi connectivity index (χ0n) is 9.86. The van der Waals surface area contributed by atoms with E-state index in [1.807, 2.05) is 0 Å². The van der Waals surface area contributed by atoms with Crippen LogP contribution in [0.25, 0.3) is 0 Å². The number of rotatable bonds is 1. The van der Waals surface area contributed by atoms with Gasteiger partial charge in [-0.2, -0.15) is 0 Å². The molecule has 3 atom stereocenters. The third-order valence-corrected chi connectivity index (χ3v) is 5.46. The maximum atomic E-state index is 13.5. The van der Waals surface area contributed by atoms with Crippen molar-refractivity contribution in [3.8, 4) is 0 Å². The van der Waals surface area contributed by atoms with Crippen LogP contribution in [-0.2, 0) is 20.4 Å². The fraction of sp³-hybridized carbons (Fsp3) is 1.00. The van der Waals surface area contributed by atoms with Crippen LogP contribution >= 0.6 is 11.6 Å². The molecule has 2 aliphatic carbocycles. The van der Waals surface area contributed by atoms with Crippen LogP contribution in [0.2, 0.25) is 4.78 Å². The van der Waals surface area contributed by atoms with Gasteiger partial charge in [0.1, 0.15) is 22.5 Å². The van der Waals surface area contributed by atoms with E-state index in [9.17, 15) is 4.39 Å². The second kappa shape index (κ2) is 9.59. The van der Waals surface area contributed by atoms with Crippen LogP contribution in [0.5, 0.6) is 0 Å². The van der Waals surface area contributed by atoms with E-state index in [-0.39, 0.29) is 64.0 Å². The fourth-order valence-corrected chi connectivity index (χ4v) is 4.05. The predicted molar refractivity (Wildman–Crippen MR) is 63.3 cm³/mol. The zero-order valence-corrected chi connectivity index (χ0v) is 16.5. The summed E-state index contributed by atoms with van der Waals surface area (Å²) in [5, 5.41) is -0.204. The van der Waals surface area contributed by atoms with Crippen molar-refractivity contribution in [3.05, 3.63) is 0 Å². The van der Waals surface area contributed by atoms with Gasteiger partial charge in [0.25, 0.3) is 0 Å². The quantitative estimate of drug-likeness (QED) is 0.320. The molecule has 17 heavy (non-hydrogen) atoms. The van der Waals surface area contributed by atoms with E-state index in [0.29, 0.717) is 18.3 Å². The SMILES string of the molecule is FC1CCCC(C2CC[CH]([Al])CC2)C1Cl.[Dy].[Re]. The first-order chi connectivity index (χ1) is 7.18. The second-order valence-electron chi connectivity index (χ2n) is 5.23. The van der Waals surface area contributed by atoms with Crippen molar-refractivity contribution >= 4 is 27.9 Å². The molecule has 2 fully saturated rings. The van der Waals surface area contributed by atoms with Crippen molar-refractivity contribution in [2.24, 2.45) is 11.8 Å². The van der Waals surface area contributed by atoms with Gasteiger partial charge in [-0.05, 0) is 24.7 Å². The van der Waals surface area contributed by atoms with Gasteiger partial charge in [-0.25, -0.2) is 4.39 Å². The first kappa shape index (κ1) is 19.7. The smallest absolute Gasteiger partial charge is 0.123 e. The molecule has 0 aromatic rings. The van der Waals surface area contributed by atoms with Gasteiger partial charge < -0.3 is 0 Å². The van der Waals surface area contributed by atoms with Gasteiger partial charge in [-0.3, -0.25) is 0 Å². The molecule has 0 saturated heterocycles. The Morgan fingerprint density at radius 3 is 2.18 bits per heavy atom. The van der Waals surface area contributed by atoms with E-state index in [4.69, 9.17) is 11.6 Å². The first-order valence-electron chi connectivity index (χ1n) is 6.22. The molecule has 2 aliphatic rings. The Bertz CT molecular complexity index is 215. The van der Waals surface area contributed by atoms with Gasteiger partial charge in [0, 0.05) is 58.6 Å². The molecule has 101 valence electrons. The summed E-state index contributed by atoms with van der Waals surface area (Å²) in [5.41, 5.74) is 0. The van der Waals surface area contributed by atoms with Crippen LogP contribution < -0.4 is 0 Å². The molecule has 3 unspecified atom stereocenters. The summed E-state index contributed by atoms with van der Waals surface area (Å²) in [7, 11) is 0. The van der Waals surface area contributed by atoms with Gasteiger partial charge in [0.15, 0.2) is 0 Å². The molecular weight excluding hydrogens is 574 g/mol. The van der Waals surface area contributed by atoms with E-state index in [0.717, 1.165) is 17.6 Å². The molecule has 0 aliphatic heterocycles. The molecule has 0 aromatic heterocycles. The van der Waals surface area contributed by atoms with Crippen molar-refractivity contribution in [2.75, 3.05) is 0 Å². The first-order valence-corrected chi connectivity index (χ1v) is 7.32. The maximum absolute atomic E-state index is 13.5. The third-order valence-electron chi connectivity index (χ3n) is 4.19. The average Bonchev–Trinajstić information content (AvgIpc) is 2.24. The summed E-state index contributed by atoms with van der Waals surface area (Å²) in [6.07, 6.45) is 7.21. The molecule has 5 heteroatoms. The summed E-state index contributed by atoms with van der Waals surface area (Å²) >= 11 is 9.14. The zero-order chi connectivity index (χ0) is 10.8. The molecule has 0 heterocycles. The number of hydrogen-bond donors (Lipinski definition) is 0. The standard InChI is InChI=1S/C12H19ClF.Al.Dy.Re/c13-12-10(7-4-8-11(12)14)9-5-2-1-3-6-9;;;/h1,9-12H,2-8H2;;;. The van der Waals surface area contributed by atoms with Gasteiger partial charge in [-0.15, -0.1) is 16.4 Å². The monoisotopic (exact) mass is 595 g/mol. The summed E-state index contributed by atoms with van der Waals surface area (Å²) in [6, 6.07) is 0. The largest absolute Gasteiger partial charge is 0.246 e. The normalized spacial score (nSPS) is 42.1. The van der Waals surface area contributed by atoms with Gasteiger partial charge >= 0.3 is 0 Å². The third kappa shape index (κ3) is 5.53. The van der Waals surface area contributed by atoms with Gasteiger partial charge in [-0.1, -0.05) is 32.1 Å². The molecule has 2 rings (SSSR count). The van der Waals surface area contributed by atoms with E-state index in [1.54, 1.807) is 0 Å². The van der Waals surface area contributed by atoms with Crippen LogP contribution in [0, 0.1) is 50.0 Å². The minimum atomic E-state index is -0.751. The average molecular weight is 593 g/mol. The molecule has 0 nitrogen and oxygen atoms in total. The van der Waals surface area contributed by atoms with E-state index < -0.39 is 6.17 Å². The van der Waals surface area contributed by atoms with Crippen LogP contribution in [-0.4, -0.2) is 27.8 Å². The molecule has 0 N–H and O–H groups in total. The van der Waals surface area contributed by atoms with Crippen molar-refractivity contribution in [1.82, 2.24) is 0 Å². The molecule has 0 bridgehead atoms. The summed E-state index contributed by atoms with van der Waals surface area (Å²) in [4.78, 5) is 0. The van der Waals surface area contributed by atoms with Crippen LogP contribution in [0.15, 0.2) is 0 Å². The minimum Gasteiger partial charge on any atom is -0.246 e. The van der Waals surface area contributed by atoms with Crippen LogP contribution in [0.3, 0.4) is 0 Å². The van der Waals surface area contributed by atoms with E-state index in [1.165, 1.54) is 25.7 Å². The summed E-state index contributed by atoms with van der Waals surface area (Å²) in [5.74, 6) is 1.15. The van der Waals surface area contributed by atoms with Crippen LogP contribution in [0.1, 0.15) is 44.9 Å². The molecular formula is C12H19AlClDyFRe. The van der Waals surface area contributed by atoms with Crippen molar-refractivity contribution in [2.45, 2.75) is 61.3 Å². The van der Waals surface area contributed by atoms with Gasteiger partial charge in [0.2, 0.25) is 0 Å². The van der Waals surface area contributed by atoms with Crippen LogP contribution in [0.4, 0.5) is 4.39 Å². The topological polar surface area (TPSA) is 0 Å². The molecule has 3 radical (unpaired) electrons. The number of halogens is 2. The Morgan fingerprint density at radius 2 is 1.59 bits per heavy atom. The molecule has 2 saturated carbocycles.